The largest absolute Gasteiger partial charge is 0.383 e. The van der Waals surface area contributed by atoms with E-state index in [1.807, 2.05) is 19.9 Å². The number of nitriles is 1. The maximum atomic E-state index is 13.7. The monoisotopic (exact) mass is 502 g/mol. The molecule has 2 N–H and O–H groups in total. The van der Waals surface area contributed by atoms with Crippen LogP contribution in [-0.4, -0.2) is 35.7 Å². The number of rotatable bonds is 5. The van der Waals surface area contributed by atoms with E-state index in [1.165, 1.54) is 12.4 Å². The van der Waals surface area contributed by atoms with Crippen molar-refractivity contribution in [2.24, 2.45) is 0 Å². The summed E-state index contributed by atoms with van der Waals surface area (Å²) in [4.78, 5) is 36.9. The van der Waals surface area contributed by atoms with Crippen molar-refractivity contribution in [1.29, 1.82) is 5.26 Å². The van der Waals surface area contributed by atoms with Gasteiger partial charge in [0.25, 0.3) is 5.91 Å². The van der Waals surface area contributed by atoms with Gasteiger partial charge in [-0.05, 0) is 59.6 Å². The Morgan fingerprint density at radius 3 is 2.64 bits per heavy atom. The number of fused-ring (bicyclic) bond motifs is 1. The molecule has 0 aliphatic heterocycles. The average molecular weight is 503 g/mol. The smallest absolute Gasteiger partial charge is 0.256 e. The van der Waals surface area contributed by atoms with Crippen LogP contribution in [0.4, 0.5) is 5.82 Å². The van der Waals surface area contributed by atoms with Gasteiger partial charge in [-0.3, -0.25) is 9.78 Å². The molecular formula is C23H19BrN8O. The van der Waals surface area contributed by atoms with Gasteiger partial charge in [-0.1, -0.05) is 0 Å². The summed E-state index contributed by atoms with van der Waals surface area (Å²) in [5.74, 6) is 0.583. The molecule has 0 aromatic carbocycles. The van der Waals surface area contributed by atoms with Gasteiger partial charge < -0.3 is 10.6 Å². The number of carbonyl (C=O) groups excluding carboxylic acids is 1. The zero-order chi connectivity index (χ0) is 23.5. The molecule has 9 nitrogen and oxygen atoms in total. The number of aryl methyl sites for hydroxylation is 1. The molecule has 0 aliphatic rings. The fraction of sp³-hybridized carbons (Fsp3) is 0.174. The molecule has 4 aromatic heterocycles. The third-order valence-corrected chi connectivity index (χ3v) is 6.27. The van der Waals surface area contributed by atoms with E-state index in [0.29, 0.717) is 38.6 Å². The van der Waals surface area contributed by atoms with Crippen LogP contribution in [0.1, 0.15) is 46.0 Å². The lowest BCUT2D eigenvalue weighted by Crippen LogP contribution is -2.34. The van der Waals surface area contributed by atoms with E-state index >= 15 is 0 Å². The van der Waals surface area contributed by atoms with Crippen molar-refractivity contribution < 1.29 is 4.79 Å². The Hall–Kier alpha value is -3.97. The number of pyridine rings is 3. The van der Waals surface area contributed by atoms with Crippen molar-refractivity contribution in [1.82, 2.24) is 29.8 Å². The minimum Gasteiger partial charge on any atom is -0.383 e. The van der Waals surface area contributed by atoms with Crippen LogP contribution in [0, 0.1) is 18.3 Å². The van der Waals surface area contributed by atoms with E-state index < -0.39 is 6.04 Å². The number of nitrogens with two attached hydrogens (primary N) is 1. The first-order chi connectivity index (χ1) is 15.9. The van der Waals surface area contributed by atoms with E-state index in [-0.39, 0.29) is 12.5 Å². The SMILES string of the molecule is Cc1c(Br)c(N)nc2ncc(C(=O)N(Cc3ccc(C#N)cn3)C(C)c3ncccn3)cc12. The van der Waals surface area contributed by atoms with Gasteiger partial charge in [0.05, 0.1) is 33.9 Å². The summed E-state index contributed by atoms with van der Waals surface area (Å²) >= 11 is 3.44. The summed E-state index contributed by atoms with van der Waals surface area (Å²) in [7, 11) is 0. The molecule has 4 rings (SSSR count). The van der Waals surface area contributed by atoms with Gasteiger partial charge in [0, 0.05) is 30.2 Å². The number of hydrogen-bond donors (Lipinski definition) is 1. The Labute approximate surface area is 198 Å². The van der Waals surface area contributed by atoms with Crippen LogP contribution in [0.2, 0.25) is 0 Å². The summed E-state index contributed by atoms with van der Waals surface area (Å²) in [6, 6.07) is 8.48. The lowest BCUT2D eigenvalue weighted by atomic mass is 10.1. The highest BCUT2D eigenvalue weighted by Gasteiger charge is 2.26. The molecule has 0 aliphatic carbocycles. The van der Waals surface area contributed by atoms with Crippen LogP contribution < -0.4 is 5.73 Å². The Morgan fingerprint density at radius 1 is 1.21 bits per heavy atom. The van der Waals surface area contributed by atoms with Gasteiger partial charge in [-0.15, -0.1) is 0 Å². The van der Waals surface area contributed by atoms with E-state index in [4.69, 9.17) is 11.0 Å². The number of aromatic nitrogens is 5. The molecule has 0 spiro atoms. The van der Waals surface area contributed by atoms with Crippen molar-refractivity contribution in [2.75, 3.05) is 5.73 Å². The molecule has 1 atom stereocenters. The number of halogens is 1. The Kier molecular flexibility index (Phi) is 6.24. The highest BCUT2D eigenvalue weighted by molar-refractivity contribution is 9.10. The number of hydrogen-bond acceptors (Lipinski definition) is 8. The quantitative estimate of drug-likeness (QED) is 0.435. The zero-order valence-electron chi connectivity index (χ0n) is 17.9. The molecule has 10 heteroatoms. The van der Waals surface area contributed by atoms with Crippen molar-refractivity contribution in [3.63, 3.8) is 0 Å². The van der Waals surface area contributed by atoms with E-state index in [0.717, 1.165) is 10.9 Å². The van der Waals surface area contributed by atoms with Gasteiger partial charge in [0.2, 0.25) is 0 Å². The van der Waals surface area contributed by atoms with Crippen molar-refractivity contribution in [3.05, 3.63) is 81.7 Å². The standard InChI is InChI=1S/C23H19BrN8O/c1-13-18-8-16(11-30-22(18)31-20(26)19(13)24)23(33)32(14(2)21-27-6-3-7-28-21)12-17-5-4-15(9-25)10-29-17/h3-8,10-11,14H,12H2,1-2H3,(H2,26,30,31). The second kappa shape index (κ2) is 9.26. The lowest BCUT2D eigenvalue weighted by molar-refractivity contribution is 0.0663. The average Bonchev–Trinajstić information content (AvgIpc) is 2.86. The molecule has 0 fully saturated rings. The molecular weight excluding hydrogens is 484 g/mol. The first-order valence-electron chi connectivity index (χ1n) is 10.0. The Morgan fingerprint density at radius 2 is 1.97 bits per heavy atom. The van der Waals surface area contributed by atoms with Crippen molar-refractivity contribution in [3.8, 4) is 6.07 Å². The van der Waals surface area contributed by atoms with Crippen LogP contribution in [0.15, 0.2) is 53.5 Å². The minimum absolute atomic E-state index is 0.199. The first-order valence-corrected chi connectivity index (χ1v) is 10.8. The highest BCUT2D eigenvalue weighted by atomic mass is 79.9. The highest BCUT2D eigenvalue weighted by Crippen LogP contribution is 2.29. The van der Waals surface area contributed by atoms with Crippen LogP contribution in [0.5, 0.6) is 0 Å². The predicted molar refractivity (Wildman–Crippen MR) is 126 cm³/mol. The van der Waals surface area contributed by atoms with Crippen LogP contribution in [0.3, 0.4) is 0 Å². The maximum absolute atomic E-state index is 13.7. The lowest BCUT2D eigenvalue weighted by Gasteiger charge is -2.28. The normalized spacial score (nSPS) is 11.7. The maximum Gasteiger partial charge on any atom is 0.256 e. The molecule has 0 bridgehead atoms. The third-order valence-electron chi connectivity index (χ3n) is 5.27. The van der Waals surface area contributed by atoms with Crippen LogP contribution >= 0.6 is 15.9 Å². The number of anilines is 1. The van der Waals surface area contributed by atoms with Crippen LogP contribution in [0.25, 0.3) is 11.0 Å². The second-order valence-corrected chi connectivity index (χ2v) is 8.19. The molecule has 1 unspecified atom stereocenters. The second-order valence-electron chi connectivity index (χ2n) is 7.40. The molecule has 0 saturated carbocycles. The number of carbonyl (C=O) groups is 1. The van der Waals surface area contributed by atoms with Gasteiger partial charge >= 0.3 is 0 Å². The predicted octanol–water partition coefficient (Wildman–Crippen LogP) is 3.74. The number of amides is 1. The van der Waals surface area contributed by atoms with Crippen LogP contribution in [-0.2, 0) is 6.54 Å². The molecule has 4 heterocycles. The van der Waals surface area contributed by atoms with Gasteiger partial charge in [-0.25, -0.2) is 19.9 Å². The third kappa shape index (κ3) is 4.49. The van der Waals surface area contributed by atoms with Crippen molar-refractivity contribution in [2.45, 2.75) is 26.4 Å². The van der Waals surface area contributed by atoms with Crippen molar-refractivity contribution >= 4 is 38.7 Å². The van der Waals surface area contributed by atoms with Gasteiger partial charge in [0.1, 0.15) is 17.7 Å². The van der Waals surface area contributed by atoms with E-state index in [9.17, 15) is 4.79 Å². The molecule has 33 heavy (non-hydrogen) atoms. The molecule has 4 aromatic rings. The molecule has 164 valence electrons. The summed E-state index contributed by atoms with van der Waals surface area (Å²) in [5, 5.41) is 9.76. The van der Waals surface area contributed by atoms with E-state index in [1.54, 1.807) is 41.6 Å². The van der Waals surface area contributed by atoms with Gasteiger partial charge in [0.15, 0.2) is 5.65 Å². The van der Waals surface area contributed by atoms with Gasteiger partial charge in [-0.2, -0.15) is 5.26 Å². The fourth-order valence-corrected chi connectivity index (χ4v) is 3.69. The minimum atomic E-state index is -0.441. The fourth-order valence-electron chi connectivity index (χ4n) is 3.39. The number of nitrogens with zero attached hydrogens (tertiary/aromatic N) is 7. The Bertz CT molecular complexity index is 1370. The summed E-state index contributed by atoms with van der Waals surface area (Å²) < 4.78 is 0.672. The molecule has 1 amide bonds. The Balaban J connectivity index is 1.75. The summed E-state index contributed by atoms with van der Waals surface area (Å²) in [5.41, 5.74) is 8.71. The summed E-state index contributed by atoms with van der Waals surface area (Å²) in [6.45, 7) is 3.94. The molecule has 0 saturated heterocycles. The zero-order valence-corrected chi connectivity index (χ0v) is 19.5. The topological polar surface area (TPSA) is 135 Å². The first kappa shape index (κ1) is 22.2. The molecule has 0 radical (unpaired) electrons. The number of nitrogen functional groups attached to an aromatic ring is 1. The summed E-state index contributed by atoms with van der Waals surface area (Å²) in [6.07, 6.45) is 6.24. The van der Waals surface area contributed by atoms with E-state index in [2.05, 4.69) is 40.8 Å².